The topological polar surface area (TPSA) is 206 Å². The van der Waals surface area contributed by atoms with E-state index in [4.69, 9.17) is 58.6 Å². The fourth-order valence-corrected chi connectivity index (χ4v) is 10.7. The molecule has 0 aromatic rings. The summed E-state index contributed by atoms with van der Waals surface area (Å²) in [5.41, 5.74) is -7.12. The van der Waals surface area contributed by atoms with Crippen LogP contribution in [0.4, 0.5) is 4.39 Å². The average Bonchev–Trinajstić information content (AvgIpc) is 3.26. The first-order valence-corrected chi connectivity index (χ1v) is 24.0. The van der Waals surface area contributed by atoms with Crippen molar-refractivity contribution in [2.75, 3.05) is 33.9 Å². The second-order valence-corrected chi connectivity index (χ2v) is 20.3. The molecule has 2 bridgehead atoms. The highest BCUT2D eigenvalue weighted by Gasteiger charge is 2.59. The van der Waals surface area contributed by atoms with Crippen LogP contribution in [-0.2, 0) is 71.4 Å². The second-order valence-electron chi connectivity index (χ2n) is 20.3. The number of nitrogens with zero attached hydrogens (tertiary/aromatic N) is 2. The number of terminal acetylenes is 1. The normalized spacial score (nSPS) is 42.2. The van der Waals surface area contributed by atoms with Gasteiger partial charge in [0.2, 0.25) is 5.67 Å². The average molecular weight is 983 g/mol. The van der Waals surface area contributed by atoms with Gasteiger partial charge in [-0.15, -0.1) is 12.3 Å². The maximum absolute atomic E-state index is 18.5. The predicted molar refractivity (Wildman–Crippen MR) is 249 cm³/mol. The zero-order valence-corrected chi connectivity index (χ0v) is 43.4. The Labute approximate surface area is 407 Å². The number of aliphatic hydroxyl groups is 1. The molecule has 392 valence electrons. The Morgan fingerprint density at radius 1 is 0.957 bits per heavy atom. The molecule has 4 saturated heterocycles. The van der Waals surface area contributed by atoms with Gasteiger partial charge in [-0.3, -0.25) is 14.5 Å². The van der Waals surface area contributed by atoms with E-state index in [0.29, 0.717) is 25.0 Å². The fraction of sp³-hybridized carbons (Fsp3) is 0.820. The number of oxime groups is 1. The van der Waals surface area contributed by atoms with Gasteiger partial charge in [0.25, 0.3) is 0 Å². The molecule has 0 aromatic carbocycles. The molecule has 4 aliphatic heterocycles. The summed E-state index contributed by atoms with van der Waals surface area (Å²) in [6, 6.07) is -0.469. The zero-order chi connectivity index (χ0) is 52.0. The number of halogens is 1. The summed E-state index contributed by atoms with van der Waals surface area (Å²) in [6.45, 7) is 24.4. The van der Waals surface area contributed by atoms with E-state index in [9.17, 15) is 24.3 Å². The molecule has 0 saturated carbocycles. The fourth-order valence-electron chi connectivity index (χ4n) is 10.7. The van der Waals surface area contributed by atoms with Crippen LogP contribution in [0.3, 0.4) is 0 Å². The Morgan fingerprint density at radius 2 is 1.61 bits per heavy atom. The van der Waals surface area contributed by atoms with Crippen molar-refractivity contribution in [2.24, 2.45) is 22.9 Å². The van der Waals surface area contributed by atoms with Crippen LogP contribution in [0.15, 0.2) is 17.3 Å². The number of alkyl halides is 1. The number of cyclic esters (lactones) is 1. The molecule has 0 radical (unpaired) electrons. The number of fused-ring (bicyclic) bond motifs is 5. The van der Waals surface area contributed by atoms with Gasteiger partial charge in [0.1, 0.15) is 23.4 Å². The molecule has 4 heterocycles. The molecule has 0 aliphatic carbocycles. The number of carbonyl (C=O) groups is 4. The first-order valence-electron chi connectivity index (χ1n) is 24.0. The Morgan fingerprint density at radius 3 is 2.19 bits per heavy atom. The highest BCUT2D eigenvalue weighted by atomic mass is 19.1. The summed E-state index contributed by atoms with van der Waals surface area (Å²) in [7, 11) is 3.30. The van der Waals surface area contributed by atoms with Crippen molar-refractivity contribution in [3.63, 3.8) is 0 Å². The number of hydrogen-bond acceptors (Lipinski definition) is 18. The summed E-state index contributed by atoms with van der Waals surface area (Å²) < 4.78 is 82.5. The number of carbonyl (C=O) groups excluding carboxylic acids is 4. The van der Waals surface area contributed by atoms with Gasteiger partial charge in [-0.2, -0.15) is 0 Å². The third-order valence-electron chi connectivity index (χ3n) is 14.2. The van der Waals surface area contributed by atoms with E-state index in [1.165, 1.54) is 34.8 Å². The van der Waals surface area contributed by atoms with E-state index in [2.05, 4.69) is 17.7 Å². The van der Waals surface area contributed by atoms with Crippen LogP contribution >= 0.6 is 0 Å². The molecule has 0 aromatic heterocycles. The Balaban J connectivity index is 2.08. The first kappa shape index (κ1) is 58.0. The Bertz CT molecular complexity index is 1890. The highest BCUT2D eigenvalue weighted by molar-refractivity contribution is 5.89. The van der Waals surface area contributed by atoms with E-state index in [1.54, 1.807) is 41.5 Å². The lowest BCUT2D eigenvalue weighted by molar-refractivity contribution is -0.326. The molecule has 4 aliphatic rings. The van der Waals surface area contributed by atoms with Crippen molar-refractivity contribution >= 4 is 29.6 Å². The van der Waals surface area contributed by atoms with Crippen molar-refractivity contribution < 1.29 is 80.9 Å². The monoisotopic (exact) mass is 983 g/mol. The van der Waals surface area contributed by atoms with Crippen molar-refractivity contribution in [1.82, 2.24) is 4.90 Å². The molecule has 4 rings (SSSR count). The summed E-state index contributed by atoms with van der Waals surface area (Å²) in [5.74, 6) is -3.36. The molecule has 18 atom stereocenters. The highest BCUT2D eigenvalue weighted by Crippen LogP contribution is 2.45. The van der Waals surface area contributed by atoms with Gasteiger partial charge in [0, 0.05) is 65.0 Å². The zero-order valence-electron chi connectivity index (χ0n) is 43.4. The van der Waals surface area contributed by atoms with Crippen LogP contribution < -0.4 is 0 Å². The lowest BCUT2D eigenvalue weighted by atomic mass is 9.73. The minimum atomic E-state index is -3.05. The Kier molecular flexibility index (Phi) is 20.0. The number of hydrogen-bond donors (Lipinski definition) is 1. The molecule has 4 fully saturated rings. The lowest BCUT2D eigenvalue weighted by Gasteiger charge is -2.51. The van der Waals surface area contributed by atoms with Crippen molar-refractivity contribution in [1.29, 1.82) is 0 Å². The van der Waals surface area contributed by atoms with Gasteiger partial charge in [-0.05, 0) is 73.4 Å². The van der Waals surface area contributed by atoms with Crippen LogP contribution in [0.25, 0.3) is 0 Å². The van der Waals surface area contributed by atoms with Crippen molar-refractivity contribution in [3.05, 3.63) is 12.2 Å². The molecular weight excluding hydrogens is 904 g/mol. The van der Waals surface area contributed by atoms with E-state index < -0.39 is 132 Å². The molecular formula is C50H79FN2O16. The minimum absolute atomic E-state index is 0.000988. The van der Waals surface area contributed by atoms with Crippen molar-refractivity contribution in [3.8, 4) is 12.3 Å². The number of rotatable bonds is 12. The standard InChI is InChI=1S/C50H79FN2O16/c1-18-20-21-53(16)36-22-29(5)62-45(40(36)64-33(9)54)68-41-31(7)42(67-38-24-47(12,59-17)44(32(8)63-38)65-34(10)55)49(14,51)46(57)66-37(19-2)50(15,58)43-30(6)39(52-69-35(11)56)28(4)23-48(41,13)61-26-27(3)25-60-43/h1,28-32,36-38,40-45,58H,3,19-26H2,2,4-17H3/b52-39+/t28-,29-,30+,31-,32+,36+,37-,38?,40-,41-,42+,43-,44+,45?,47-,48-,49+,50-/m1/s1. The lowest BCUT2D eigenvalue weighted by Crippen LogP contribution is -2.64. The van der Waals surface area contributed by atoms with Gasteiger partial charge in [0.05, 0.1) is 55.0 Å². The van der Waals surface area contributed by atoms with Crippen LogP contribution in [0, 0.1) is 30.1 Å². The molecule has 2 unspecified atom stereocenters. The molecule has 18 nitrogen and oxygen atoms in total. The molecule has 69 heavy (non-hydrogen) atoms. The summed E-state index contributed by atoms with van der Waals surface area (Å²) >= 11 is 0. The van der Waals surface area contributed by atoms with Gasteiger partial charge < -0.3 is 57.3 Å². The third kappa shape index (κ3) is 13.7. The van der Waals surface area contributed by atoms with E-state index in [-0.39, 0.29) is 38.2 Å². The Hall–Kier alpha value is -3.58. The molecule has 1 N–H and O–H groups in total. The summed E-state index contributed by atoms with van der Waals surface area (Å²) in [4.78, 5) is 59.7. The number of methoxy groups -OCH3 is 1. The smallest absolute Gasteiger partial charge is 0.346 e. The van der Waals surface area contributed by atoms with Crippen LogP contribution in [0.2, 0.25) is 0 Å². The van der Waals surface area contributed by atoms with Crippen molar-refractivity contribution in [2.45, 2.75) is 212 Å². The van der Waals surface area contributed by atoms with Crippen LogP contribution in [-0.4, -0.2) is 163 Å². The number of esters is 3. The van der Waals surface area contributed by atoms with Crippen LogP contribution in [0.1, 0.15) is 122 Å². The first-order chi connectivity index (χ1) is 32.1. The predicted octanol–water partition coefficient (Wildman–Crippen LogP) is 5.38. The minimum Gasteiger partial charge on any atom is -0.457 e. The summed E-state index contributed by atoms with van der Waals surface area (Å²) in [5, 5.41) is 16.9. The quantitative estimate of drug-likeness (QED) is 0.0651. The largest absolute Gasteiger partial charge is 0.457 e. The number of likely N-dealkylation sites (N-methyl/N-ethyl adjacent to an activating group) is 1. The second kappa shape index (κ2) is 23.8. The van der Waals surface area contributed by atoms with E-state index >= 15 is 4.39 Å². The maximum atomic E-state index is 18.5. The number of ether oxygens (including phenoxy) is 10. The van der Waals surface area contributed by atoms with Gasteiger partial charge in [0.15, 0.2) is 24.8 Å². The molecule has 0 amide bonds. The van der Waals surface area contributed by atoms with Gasteiger partial charge >= 0.3 is 23.9 Å². The molecule has 19 heteroatoms. The summed E-state index contributed by atoms with van der Waals surface area (Å²) in [6.07, 6.45) is -5.26. The van der Waals surface area contributed by atoms with Crippen LogP contribution in [0.5, 0.6) is 0 Å². The third-order valence-corrected chi connectivity index (χ3v) is 14.2. The van der Waals surface area contributed by atoms with Gasteiger partial charge in [-0.25, -0.2) is 14.0 Å². The van der Waals surface area contributed by atoms with E-state index in [0.717, 1.165) is 6.92 Å². The maximum Gasteiger partial charge on any atom is 0.346 e. The molecule has 0 spiro atoms. The van der Waals surface area contributed by atoms with E-state index in [1.807, 2.05) is 25.8 Å². The van der Waals surface area contributed by atoms with Gasteiger partial charge in [-0.1, -0.05) is 39.4 Å². The SMILES string of the molecule is C#CCCN(C)[C@H]1C[C@@H](C)OC(O[C@@H]2[C@@H](C)[C@H](OC3C[C@@](C)(OC)[C@@H](OC(C)=O)[C@H](C)O3)[C@](C)(F)C(=O)O[C@H](CC)[C@@](C)(O)[C@@H]3OCC(=C)CO[C@]2(C)C[C@@H](C)/C(=N\OC(C)=O)[C@@H]3C)[C@@H]1OC(C)=O.